The van der Waals surface area contributed by atoms with Crippen LogP contribution in [0.1, 0.15) is 54.0 Å². The van der Waals surface area contributed by atoms with Gasteiger partial charge in [0.1, 0.15) is 12.2 Å². The van der Waals surface area contributed by atoms with Gasteiger partial charge in [-0.1, -0.05) is 48.9 Å². The number of nitrogen functional groups attached to an aromatic ring is 1. The molecule has 4 N–H and O–H groups in total. The first kappa shape index (κ1) is 22.1. The first-order valence-corrected chi connectivity index (χ1v) is 10.3. The smallest absolute Gasteiger partial charge is 0.294 e. The average molecular weight is 427 g/mol. The van der Waals surface area contributed by atoms with E-state index in [9.17, 15) is 4.79 Å². The van der Waals surface area contributed by atoms with Crippen molar-refractivity contribution in [2.24, 2.45) is 5.10 Å². The molecule has 11 nitrogen and oxygen atoms in total. The third-order valence-corrected chi connectivity index (χ3v) is 4.76. The van der Waals surface area contributed by atoms with E-state index in [1.807, 2.05) is 31.2 Å². The molecule has 11 heteroatoms. The standard InChI is InChI=1S/C20H27N9O2/c1-4-10-28(11-5-2)13-16-17(23-27-29(16)19-18(21)25-31-26-19)20(30)24-22-12-15-8-6-14(3)7-9-15/h6-9,12H,4-5,10-11,13H2,1-3H3,(H2,21,25)(H,24,30)/p+1. The Labute approximate surface area is 180 Å². The quantitative estimate of drug-likeness (QED) is 0.317. The van der Waals surface area contributed by atoms with Crippen LogP contribution in [-0.4, -0.2) is 50.5 Å². The Morgan fingerprint density at radius 1 is 1.23 bits per heavy atom. The van der Waals surface area contributed by atoms with E-state index in [4.69, 9.17) is 10.4 Å². The number of nitrogens with zero attached hydrogens (tertiary/aromatic N) is 6. The summed E-state index contributed by atoms with van der Waals surface area (Å²) >= 11 is 0. The highest BCUT2D eigenvalue weighted by Gasteiger charge is 2.26. The summed E-state index contributed by atoms with van der Waals surface area (Å²) in [5.41, 5.74) is 11.1. The third kappa shape index (κ3) is 5.51. The number of amides is 1. The minimum absolute atomic E-state index is 0.0723. The molecule has 0 atom stereocenters. The summed E-state index contributed by atoms with van der Waals surface area (Å²) in [4.78, 5) is 14.1. The third-order valence-electron chi connectivity index (χ3n) is 4.76. The van der Waals surface area contributed by atoms with Crippen LogP contribution in [0.5, 0.6) is 0 Å². The zero-order valence-electron chi connectivity index (χ0n) is 18.0. The monoisotopic (exact) mass is 426 g/mol. The van der Waals surface area contributed by atoms with Gasteiger partial charge < -0.3 is 10.6 Å². The molecule has 0 aliphatic rings. The molecule has 0 aliphatic heterocycles. The highest BCUT2D eigenvalue weighted by Crippen LogP contribution is 2.15. The summed E-state index contributed by atoms with van der Waals surface area (Å²) in [6.45, 7) is 8.66. The van der Waals surface area contributed by atoms with Crippen molar-refractivity contribution in [2.45, 2.75) is 40.2 Å². The van der Waals surface area contributed by atoms with E-state index < -0.39 is 5.91 Å². The number of carbonyl (C=O) groups is 1. The van der Waals surface area contributed by atoms with Crippen LogP contribution in [0, 0.1) is 6.92 Å². The van der Waals surface area contributed by atoms with Gasteiger partial charge in [-0.15, -0.1) is 5.10 Å². The first-order valence-electron chi connectivity index (χ1n) is 10.3. The molecule has 0 spiro atoms. The Kier molecular flexibility index (Phi) is 7.44. The summed E-state index contributed by atoms with van der Waals surface area (Å²) in [7, 11) is 0. The normalized spacial score (nSPS) is 11.5. The van der Waals surface area contributed by atoms with Crippen LogP contribution >= 0.6 is 0 Å². The zero-order valence-corrected chi connectivity index (χ0v) is 18.0. The fourth-order valence-corrected chi connectivity index (χ4v) is 3.26. The number of nitrogens with one attached hydrogen (secondary N) is 2. The highest BCUT2D eigenvalue weighted by molar-refractivity contribution is 5.94. The number of rotatable bonds is 10. The molecule has 0 saturated heterocycles. The predicted molar refractivity (Wildman–Crippen MR) is 115 cm³/mol. The zero-order chi connectivity index (χ0) is 22.2. The molecule has 0 aliphatic carbocycles. The van der Waals surface area contributed by atoms with Crippen molar-refractivity contribution in [3.63, 3.8) is 0 Å². The largest absolute Gasteiger partial charge is 0.378 e. The molecule has 3 rings (SSSR count). The molecule has 1 amide bonds. The average Bonchev–Trinajstić information content (AvgIpc) is 3.35. The van der Waals surface area contributed by atoms with Gasteiger partial charge in [-0.05, 0) is 35.6 Å². The van der Waals surface area contributed by atoms with E-state index in [0.29, 0.717) is 12.2 Å². The lowest BCUT2D eigenvalue weighted by molar-refractivity contribution is -0.914. The molecule has 31 heavy (non-hydrogen) atoms. The van der Waals surface area contributed by atoms with Crippen molar-refractivity contribution < 1.29 is 14.3 Å². The number of quaternary nitrogens is 1. The van der Waals surface area contributed by atoms with E-state index in [1.165, 1.54) is 9.58 Å². The molecule has 0 unspecified atom stereocenters. The molecule has 3 aromatic rings. The van der Waals surface area contributed by atoms with Gasteiger partial charge in [0.2, 0.25) is 11.6 Å². The minimum atomic E-state index is -0.466. The van der Waals surface area contributed by atoms with Crippen LogP contribution in [0.25, 0.3) is 5.82 Å². The maximum absolute atomic E-state index is 12.8. The van der Waals surface area contributed by atoms with Gasteiger partial charge in [0.05, 0.1) is 19.3 Å². The number of aryl methyl sites for hydroxylation is 1. The van der Waals surface area contributed by atoms with Crippen molar-refractivity contribution in [1.82, 2.24) is 30.7 Å². The van der Waals surface area contributed by atoms with Gasteiger partial charge in [0.15, 0.2) is 5.69 Å². The Bertz CT molecular complexity index is 1020. The molecule has 164 valence electrons. The lowest BCUT2D eigenvalue weighted by Crippen LogP contribution is -3.10. The molecule has 0 radical (unpaired) electrons. The number of hydrogen-bond donors (Lipinski definition) is 3. The van der Waals surface area contributed by atoms with Crippen LogP contribution in [0.15, 0.2) is 34.0 Å². The Morgan fingerprint density at radius 2 is 1.94 bits per heavy atom. The van der Waals surface area contributed by atoms with E-state index in [0.717, 1.165) is 37.1 Å². The number of nitrogens with two attached hydrogens (primary N) is 1. The summed E-state index contributed by atoms with van der Waals surface area (Å²) in [6.07, 6.45) is 3.59. The minimum Gasteiger partial charge on any atom is -0.378 e. The van der Waals surface area contributed by atoms with Gasteiger partial charge in [0, 0.05) is 0 Å². The van der Waals surface area contributed by atoms with Gasteiger partial charge in [-0.25, -0.2) is 10.1 Å². The lowest BCUT2D eigenvalue weighted by Gasteiger charge is -2.18. The second kappa shape index (κ2) is 10.4. The van der Waals surface area contributed by atoms with E-state index in [-0.39, 0.29) is 17.3 Å². The van der Waals surface area contributed by atoms with Gasteiger partial charge in [0.25, 0.3) is 5.91 Å². The van der Waals surface area contributed by atoms with Crippen molar-refractivity contribution in [2.75, 3.05) is 18.8 Å². The molecular weight excluding hydrogens is 398 g/mol. The first-order chi connectivity index (χ1) is 15.0. The summed E-state index contributed by atoms with van der Waals surface area (Å²) in [5, 5.41) is 19.6. The Hall–Kier alpha value is -3.60. The molecule has 0 saturated carbocycles. The van der Waals surface area contributed by atoms with Crippen molar-refractivity contribution in [3.05, 3.63) is 46.8 Å². The number of hydrazone groups is 1. The van der Waals surface area contributed by atoms with Crippen molar-refractivity contribution in [1.29, 1.82) is 0 Å². The number of anilines is 1. The topological polar surface area (TPSA) is 142 Å². The van der Waals surface area contributed by atoms with Crippen molar-refractivity contribution >= 4 is 17.9 Å². The molecule has 1 aromatic carbocycles. The number of hydrogen-bond acceptors (Lipinski definition) is 8. The van der Waals surface area contributed by atoms with Crippen LogP contribution < -0.4 is 16.1 Å². The molecule has 0 bridgehead atoms. The highest BCUT2D eigenvalue weighted by atomic mass is 16.6. The summed E-state index contributed by atoms with van der Waals surface area (Å²) in [6, 6.07) is 7.79. The maximum atomic E-state index is 12.8. The second-order valence-electron chi connectivity index (χ2n) is 7.31. The predicted octanol–water partition coefficient (Wildman–Crippen LogP) is 0.510. The van der Waals surface area contributed by atoms with Crippen LogP contribution in [0.3, 0.4) is 0 Å². The fraction of sp³-hybridized carbons (Fsp3) is 0.400. The van der Waals surface area contributed by atoms with E-state index in [2.05, 4.69) is 45.0 Å². The maximum Gasteiger partial charge on any atom is 0.294 e. The molecule has 0 fully saturated rings. The Balaban J connectivity index is 1.86. The number of carbonyl (C=O) groups excluding carboxylic acids is 1. The SMILES string of the molecule is CCC[NH+](CCC)Cc1c(C(=O)NN=Cc2ccc(C)cc2)nnn1-c1nonc1N. The summed E-state index contributed by atoms with van der Waals surface area (Å²) in [5.74, 6) is -0.188. The number of benzene rings is 1. The van der Waals surface area contributed by atoms with Crippen LogP contribution in [0.4, 0.5) is 5.82 Å². The number of aromatic nitrogens is 5. The van der Waals surface area contributed by atoms with E-state index >= 15 is 0 Å². The van der Waals surface area contributed by atoms with Crippen molar-refractivity contribution in [3.8, 4) is 5.82 Å². The van der Waals surface area contributed by atoms with E-state index in [1.54, 1.807) is 6.21 Å². The Morgan fingerprint density at radius 3 is 2.55 bits per heavy atom. The van der Waals surface area contributed by atoms with Crippen LogP contribution in [0.2, 0.25) is 0 Å². The molecule has 2 aromatic heterocycles. The second-order valence-corrected chi connectivity index (χ2v) is 7.31. The lowest BCUT2D eigenvalue weighted by atomic mass is 10.2. The van der Waals surface area contributed by atoms with Crippen LogP contribution in [-0.2, 0) is 6.54 Å². The van der Waals surface area contributed by atoms with Gasteiger partial charge >= 0.3 is 0 Å². The molecule has 2 heterocycles. The van der Waals surface area contributed by atoms with Gasteiger partial charge in [-0.3, -0.25) is 4.79 Å². The van der Waals surface area contributed by atoms with Gasteiger partial charge in [-0.2, -0.15) is 9.78 Å². The summed E-state index contributed by atoms with van der Waals surface area (Å²) < 4.78 is 6.11. The molecular formula is C20H28N9O2+. The fourth-order valence-electron chi connectivity index (χ4n) is 3.26.